The van der Waals surface area contributed by atoms with Crippen molar-refractivity contribution in [2.24, 2.45) is 4.99 Å². The van der Waals surface area contributed by atoms with E-state index in [1.54, 1.807) is 25.1 Å². The van der Waals surface area contributed by atoms with Crippen LogP contribution in [0.4, 0.5) is 0 Å². The Morgan fingerprint density at radius 1 is 1.24 bits per heavy atom. The quantitative estimate of drug-likeness (QED) is 0.593. The van der Waals surface area contributed by atoms with Crippen molar-refractivity contribution in [3.63, 3.8) is 0 Å². The van der Waals surface area contributed by atoms with Gasteiger partial charge in [-0.15, -0.1) is 0 Å². The Bertz CT molecular complexity index is 859. The number of cyclic esters (lactones) is 1. The summed E-state index contributed by atoms with van der Waals surface area (Å²) < 4.78 is 16.1. The van der Waals surface area contributed by atoms with Crippen LogP contribution in [0.25, 0.3) is 6.08 Å². The van der Waals surface area contributed by atoms with E-state index in [-0.39, 0.29) is 5.70 Å². The molecule has 2 aromatic carbocycles. The van der Waals surface area contributed by atoms with Crippen molar-refractivity contribution in [1.82, 2.24) is 0 Å². The van der Waals surface area contributed by atoms with Crippen LogP contribution in [-0.4, -0.2) is 19.0 Å². The van der Waals surface area contributed by atoms with Crippen LogP contribution in [0.15, 0.2) is 53.2 Å². The van der Waals surface area contributed by atoms with Gasteiger partial charge in [-0.1, -0.05) is 41.9 Å². The Kier molecular flexibility index (Phi) is 5.05. The SMILES string of the molecule is COc1cc(/C=C2\N=C(C)OC2=O)cc(Cl)c1OCc1ccccc1. The third kappa shape index (κ3) is 4.00. The summed E-state index contributed by atoms with van der Waals surface area (Å²) in [5.41, 5.74) is 1.90. The zero-order chi connectivity index (χ0) is 17.8. The Balaban J connectivity index is 1.86. The molecule has 0 saturated heterocycles. The standard InChI is InChI=1S/C19H16ClNO4/c1-12-21-16(19(22)25-12)9-14-8-15(20)18(17(10-14)23-2)24-11-13-6-4-3-5-7-13/h3-10H,11H2,1-2H3/b16-9-. The minimum atomic E-state index is -0.489. The second kappa shape index (κ2) is 7.40. The maximum Gasteiger partial charge on any atom is 0.363 e. The molecule has 0 aromatic heterocycles. The highest BCUT2D eigenvalue weighted by Gasteiger charge is 2.20. The third-order valence-corrected chi connectivity index (χ3v) is 3.79. The maximum absolute atomic E-state index is 11.7. The zero-order valence-corrected chi connectivity index (χ0v) is 14.5. The Morgan fingerprint density at radius 3 is 2.64 bits per heavy atom. The van der Waals surface area contributed by atoms with Gasteiger partial charge in [0.1, 0.15) is 6.61 Å². The topological polar surface area (TPSA) is 57.1 Å². The van der Waals surface area contributed by atoms with E-state index in [0.29, 0.717) is 34.6 Å². The number of methoxy groups -OCH3 is 1. The Labute approximate surface area is 150 Å². The first-order chi connectivity index (χ1) is 12.1. The molecule has 6 heteroatoms. The van der Waals surface area contributed by atoms with Gasteiger partial charge >= 0.3 is 5.97 Å². The van der Waals surface area contributed by atoms with Crippen molar-refractivity contribution in [1.29, 1.82) is 0 Å². The highest BCUT2D eigenvalue weighted by molar-refractivity contribution is 6.32. The van der Waals surface area contributed by atoms with Crippen molar-refractivity contribution in [3.8, 4) is 11.5 Å². The molecule has 0 bridgehead atoms. The first-order valence-electron chi connectivity index (χ1n) is 7.60. The molecule has 3 rings (SSSR count). The second-order valence-electron chi connectivity index (χ2n) is 5.36. The molecule has 0 aliphatic carbocycles. The van der Waals surface area contributed by atoms with Crippen LogP contribution in [0, 0.1) is 0 Å². The van der Waals surface area contributed by atoms with Crippen molar-refractivity contribution in [2.75, 3.05) is 7.11 Å². The number of carbonyl (C=O) groups is 1. The lowest BCUT2D eigenvalue weighted by atomic mass is 10.1. The monoisotopic (exact) mass is 357 g/mol. The maximum atomic E-state index is 11.7. The molecule has 25 heavy (non-hydrogen) atoms. The molecule has 1 aliphatic rings. The summed E-state index contributed by atoms with van der Waals surface area (Å²) in [6.07, 6.45) is 1.59. The van der Waals surface area contributed by atoms with E-state index < -0.39 is 5.97 Å². The van der Waals surface area contributed by atoms with Crippen LogP contribution in [0.3, 0.4) is 0 Å². The zero-order valence-electron chi connectivity index (χ0n) is 13.8. The first kappa shape index (κ1) is 17.0. The summed E-state index contributed by atoms with van der Waals surface area (Å²) in [5, 5.41) is 0.384. The Hall–Kier alpha value is -2.79. The van der Waals surface area contributed by atoms with Crippen LogP contribution < -0.4 is 9.47 Å². The number of aliphatic imine (C=N–C) groups is 1. The number of rotatable bonds is 5. The van der Waals surface area contributed by atoms with Gasteiger partial charge < -0.3 is 14.2 Å². The minimum absolute atomic E-state index is 0.216. The fraction of sp³-hybridized carbons (Fsp3) is 0.158. The summed E-state index contributed by atoms with van der Waals surface area (Å²) in [6.45, 7) is 1.99. The Morgan fingerprint density at radius 2 is 2.00 bits per heavy atom. The second-order valence-corrected chi connectivity index (χ2v) is 5.77. The van der Waals surface area contributed by atoms with Crippen LogP contribution in [0.2, 0.25) is 5.02 Å². The summed E-state index contributed by atoms with van der Waals surface area (Å²) in [5.74, 6) is 0.750. The van der Waals surface area contributed by atoms with E-state index in [1.807, 2.05) is 30.3 Å². The number of benzene rings is 2. The number of ether oxygens (including phenoxy) is 3. The van der Waals surface area contributed by atoms with E-state index in [2.05, 4.69) is 4.99 Å². The molecule has 0 unspecified atom stereocenters. The van der Waals surface area contributed by atoms with Gasteiger partial charge in [0.15, 0.2) is 23.1 Å². The van der Waals surface area contributed by atoms with E-state index in [1.165, 1.54) is 7.11 Å². The largest absolute Gasteiger partial charge is 0.493 e. The molecule has 0 atom stereocenters. The molecule has 0 N–H and O–H groups in total. The highest BCUT2D eigenvalue weighted by Crippen LogP contribution is 2.37. The lowest BCUT2D eigenvalue weighted by Crippen LogP contribution is -2.00. The van der Waals surface area contributed by atoms with Crippen LogP contribution in [0.5, 0.6) is 11.5 Å². The molecule has 128 valence electrons. The van der Waals surface area contributed by atoms with Gasteiger partial charge in [-0.25, -0.2) is 9.79 Å². The van der Waals surface area contributed by atoms with Crippen LogP contribution in [-0.2, 0) is 16.1 Å². The van der Waals surface area contributed by atoms with E-state index in [4.69, 9.17) is 25.8 Å². The summed E-state index contributed by atoms with van der Waals surface area (Å²) >= 11 is 6.34. The lowest BCUT2D eigenvalue weighted by Gasteiger charge is -2.13. The van der Waals surface area contributed by atoms with E-state index in [0.717, 1.165) is 5.56 Å². The number of esters is 1. The van der Waals surface area contributed by atoms with Gasteiger partial charge in [0.2, 0.25) is 0 Å². The first-order valence-corrected chi connectivity index (χ1v) is 7.98. The predicted molar refractivity (Wildman–Crippen MR) is 96.0 cm³/mol. The van der Waals surface area contributed by atoms with Crippen molar-refractivity contribution in [3.05, 3.63) is 64.3 Å². The molecular weight excluding hydrogens is 342 g/mol. The number of nitrogens with zero attached hydrogens (tertiary/aromatic N) is 1. The van der Waals surface area contributed by atoms with Gasteiger partial charge in [0, 0.05) is 6.92 Å². The van der Waals surface area contributed by atoms with Crippen molar-refractivity contribution >= 4 is 29.5 Å². The molecule has 0 fully saturated rings. The highest BCUT2D eigenvalue weighted by atomic mass is 35.5. The lowest BCUT2D eigenvalue weighted by molar-refractivity contribution is -0.130. The van der Waals surface area contributed by atoms with Gasteiger partial charge in [-0.2, -0.15) is 0 Å². The fourth-order valence-corrected chi connectivity index (χ4v) is 2.64. The number of hydrogen-bond donors (Lipinski definition) is 0. The minimum Gasteiger partial charge on any atom is -0.493 e. The van der Waals surface area contributed by atoms with E-state index >= 15 is 0 Å². The molecule has 0 spiro atoms. The molecular formula is C19H16ClNO4. The van der Waals surface area contributed by atoms with Gasteiger partial charge in [0.25, 0.3) is 0 Å². The third-order valence-electron chi connectivity index (χ3n) is 3.51. The van der Waals surface area contributed by atoms with Crippen molar-refractivity contribution in [2.45, 2.75) is 13.5 Å². The molecule has 1 aliphatic heterocycles. The average Bonchev–Trinajstić information content (AvgIpc) is 2.91. The van der Waals surface area contributed by atoms with Crippen LogP contribution in [0.1, 0.15) is 18.1 Å². The molecule has 0 saturated carbocycles. The number of carbonyl (C=O) groups excluding carboxylic acids is 1. The molecule has 0 radical (unpaired) electrons. The smallest absolute Gasteiger partial charge is 0.363 e. The van der Waals surface area contributed by atoms with Crippen molar-refractivity contribution < 1.29 is 19.0 Å². The molecule has 0 amide bonds. The number of hydrogen-bond acceptors (Lipinski definition) is 5. The van der Waals surface area contributed by atoms with Gasteiger partial charge in [-0.05, 0) is 29.3 Å². The number of halogens is 1. The summed E-state index contributed by atoms with van der Waals surface area (Å²) in [4.78, 5) is 15.7. The summed E-state index contributed by atoms with van der Waals surface area (Å²) in [6, 6.07) is 13.2. The van der Waals surface area contributed by atoms with E-state index in [9.17, 15) is 4.79 Å². The normalized spacial score (nSPS) is 15.1. The van der Waals surface area contributed by atoms with Crippen LogP contribution >= 0.6 is 11.6 Å². The van der Waals surface area contributed by atoms with Gasteiger partial charge in [-0.3, -0.25) is 0 Å². The fourth-order valence-electron chi connectivity index (χ4n) is 2.37. The molecule has 1 heterocycles. The van der Waals surface area contributed by atoms with Gasteiger partial charge in [0.05, 0.1) is 12.1 Å². The average molecular weight is 358 g/mol. The predicted octanol–water partition coefficient (Wildman–Crippen LogP) is 4.24. The summed E-state index contributed by atoms with van der Waals surface area (Å²) in [7, 11) is 1.53. The molecule has 5 nitrogen and oxygen atoms in total. The molecule has 2 aromatic rings.